The Labute approximate surface area is 145 Å². The van der Waals surface area contributed by atoms with Gasteiger partial charge in [0.25, 0.3) is 5.91 Å². The van der Waals surface area contributed by atoms with E-state index in [9.17, 15) is 18.8 Å². The maximum atomic E-state index is 13.6. The number of nitrogens with zero attached hydrogens (tertiary/aromatic N) is 1. The second kappa shape index (κ2) is 7.21. The van der Waals surface area contributed by atoms with Gasteiger partial charge in [0.15, 0.2) is 0 Å². The summed E-state index contributed by atoms with van der Waals surface area (Å²) in [5.74, 6) is -1.98. The van der Waals surface area contributed by atoms with E-state index in [4.69, 9.17) is 5.73 Å². The van der Waals surface area contributed by atoms with Gasteiger partial charge in [0, 0.05) is 24.7 Å². The Hall–Kier alpha value is -2.44. The minimum absolute atomic E-state index is 0.0835. The molecule has 25 heavy (non-hydrogen) atoms. The van der Waals surface area contributed by atoms with E-state index in [-0.39, 0.29) is 29.3 Å². The number of halogens is 1. The number of hydrogen-bond donors (Lipinski definition) is 2. The third-order valence-corrected chi connectivity index (χ3v) is 5.08. The first-order valence-corrected chi connectivity index (χ1v) is 8.67. The number of nitrogens with two attached hydrogens (primary N) is 1. The summed E-state index contributed by atoms with van der Waals surface area (Å²) in [6, 6.07) is 3.67. The average Bonchev–Trinajstić information content (AvgIpc) is 3.02. The molecule has 3 rings (SSSR count). The quantitative estimate of drug-likeness (QED) is 0.873. The maximum Gasteiger partial charge on any atom is 0.251 e. The molecule has 0 aromatic heterocycles. The number of likely N-dealkylation sites (tertiary alicyclic amines) is 1. The average molecular weight is 347 g/mol. The summed E-state index contributed by atoms with van der Waals surface area (Å²) < 4.78 is 13.6. The van der Waals surface area contributed by atoms with Crippen LogP contribution in [0.5, 0.6) is 0 Å². The number of primary amides is 1. The van der Waals surface area contributed by atoms with E-state index < -0.39 is 11.7 Å². The fourth-order valence-corrected chi connectivity index (χ4v) is 3.84. The van der Waals surface area contributed by atoms with Crippen molar-refractivity contribution in [2.75, 3.05) is 11.9 Å². The highest BCUT2D eigenvalue weighted by molar-refractivity contribution is 5.97. The highest BCUT2D eigenvalue weighted by atomic mass is 19.1. The van der Waals surface area contributed by atoms with Crippen molar-refractivity contribution in [3.63, 3.8) is 0 Å². The standard InChI is InChI=1S/C18H22FN3O3/c19-14-8-7-11(10-13(14)17(20)24)21-18(25)12-4-1-2-5-15(12)22-9-3-6-16(22)23/h7-8,10,12,15H,1-6,9H2,(H2,20,24)(H,21,25)/t12-,15+/m1/s1. The molecule has 1 aliphatic carbocycles. The predicted octanol–water partition coefficient (Wildman–Crippen LogP) is 2.04. The summed E-state index contributed by atoms with van der Waals surface area (Å²) in [4.78, 5) is 37.9. The van der Waals surface area contributed by atoms with Gasteiger partial charge in [-0.1, -0.05) is 12.8 Å². The van der Waals surface area contributed by atoms with Crippen molar-refractivity contribution in [3.05, 3.63) is 29.6 Å². The number of nitrogens with one attached hydrogen (secondary N) is 1. The van der Waals surface area contributed by atoms with E-state index in [2.05, 4.69) is 5.32 Å². The lowest BCUT2D eigenvalue weighted by atomic mass is 9.83. The zero-order chi connectivity index (χ0) is 18.0. The van der Waals surface area contributed by atoms with Crippen molar-refractivity contribution in [1.29, 1.82) is 0 Å². The van der Waals surface area contributed by atoms with Crippen molar-refractivity contribution >= 4 is 23.4 Å². The van der Waals surface area contributed by atoms with Crippen LogP contribution in [-0.2, 0) is 9.59 Å². The predicted molar refractivity (Wildman–Crippen MR) is 90.2 cm³/mol. The number of rotatable bonds is 4. The molecule has 0 bridgehead atoms. The van der Waals surface area contributed by atoms with Crippen LogP contribution >= 0.6 is 0 Å². The Balaban J connectivity index is 1.76. The molecule has 2 atom stereocenters. The molecule has 3 N–H and O–H groups in total. The SMILES string of the molecule is NC(=O)c1cc(NC(=O)[C@@H]2CCCC[C@@H]2N2CCCC2=O)ccc1F. The normalized spacial score (nSPS) is 23.6. The van der Waals surface area contributed by atoms with Crippen LogP contribution in [0.25, 0.3) is 0 Å². The zero-order valence-corrected chi connectivity index (χ0v) is 14.0. The maximum absolute atomic E-state index is 13.6. The minimum Gasteiger partial charge on any atom is -0.366 e. The molecule has 1 aliphatic heterocycles. The Kier molecular flexibility index (Phi) is 5.01. The third-order valence-electron chi connectivity index (χ3n) is 5.08. The molecular formula is C18H22FN3O3. The van der Waals surface area contributed by atoms with Crippen LogP contribution < -0.4 is 11.1 Å². The lowest BCUT2D eigenvalue weighted by Crippen LogP contribution is -2.47. The lowest BCUT2D eigenvalue weighted by Gasteiger charge is -2.37. The van der Waals surface area contributed by atoms with Gasteiger partial charge in [-0.2, -0.15) is 0 Å². The second-order valence-corrected chi connectivity index (χ2v) is 6.70. The number of hydrogen-bond acceptors (Lipinski definition) is 3. The molecule has 1 heterocycles. The van der Waals surface area contributed by atoms with Crippen LogP contribution in [0.2, 0.25) is 0 Å². The first-order chi connectivity index (χ1) is 12.0. The molecule has 0 spiro atoms. The zero-order valence-electron chi connectivity index (χ0n) is 14.0. The Morgan fingerprint density at radius 2 is 1.96 bits per heavy atom. The molecule has 134 valence electrons. The van der Waals surface area contributed by atoms with Gasteiger partial charge in [0.1, 0.15) is 5.82 Å². The fourth-order valence-electron chi connectivity index (χ4n) is 3.84. The van der Waals surface area contributed by atoms with Crippen molar-refractivity contribution in [2.24, 2.45) is 11.7 Å². The molecule has 1 saturated carbocycles. The second-order valence-electron chi connectivity index (χ2n) is 6.70. The molecule has 1 aromatic rings. The van der Waals surface area contributed by atoms with Crippen molar-refractivity contribution in [2.45, 2.75) is 44.6 Å². The molecule has 7 heteroatoms. The number of carbonyl (C=O) groups is 3. The van der Waals surface area contributed by atoms with Gasteiger partial charge in [-0.25, -0.2) is 4.39 Å². The van der Waals surface area contributed by atoms with Crippen LogP contribution in [-0.4, -0.2) is 35.2 Å². The third kappa shape index (κ3) is 3.65. The largest absolute Gasteiger partial charge is 0.366 e. The van der Waals surface area contributed by atoms with E-state index in [1.807, 2.05) is 4.90 Å². The Bertz CT molecular complexity index is 707. The van der Waals surface area contributed by atoms with Gasteiger partial charge in [-0.3, -0.25) is 14.4 Å². The number of benzene rings is 1. The molecular weight excluding hydrogens is 325 g/mol. The van der Waals surface area contributed by atoms with Gasteiger partial charge >= 0.3 is 0 Å². The molecule has 0 unspecified atom stereocenters. The van der Waals surface area contributed by atoms with E-state index in [0.29, 0.717) is 25.1 Å². The van der Waals surface area contributed by atoms with Gasteiger partial charge < -0.3 is 16.0 Å². The van der Waals surface area contributed by atoms with Crippen LogP contribution in [0.3, 0.4) is 0 Å². The van der Waals surface area contributed by atoms with Crippen molar-refractivity contribution < 1.29 is 18.8 Å². The highest BCUT2D eigenvalue weighted by Crippen LogP contribution is 2.32. The lowest BCUT2D eigenvalue weighted by molar-refractivity contribution is -0.133. The van der Waals surface area contributed by atoms with Crippen LogP contribution in [0.4, 0.5) is 10.1 Å². The van der Waals surface area contributed by atoms with Gasteiger partial charge in [0.05, 0.1) is 11.5 Å². The minimum atomic E-state index is -0.883. The monoisotopic (exact) mass is 347 g/mol. The molecule has 1 aromatic carbocycles. The molecule has 2 aliphatic rings. The van der Waals surface area contributed by atoms with Gasteiger partial charge in [0.2, 0.25) is 11.8 Å². The summed E-state index contributed by atoms with van der Waals surface area (Å²) in [7, 11) is 0. The van der Waals surface area contributed by atoms with E-state index in [1.165, 1.54) is 12.1 Å². The topological polar surface area (TPSA) is 92.5 Å². The molecule has 6 nitrogen and oxygen atoms in total. The molecule has 1 saturated heterocycles. The van der Waals surface area contributed by atoms with Crippen LogP contribution in [0, 0.1) is 11.7 Å². The number of carbonyl (C=O) groups excluding carboxylic acids is 3. The molecule has 0 radical (unpaired) electrons. The van der Waals surface area contributed by atoms with Crippen LogP contribution in [0.15, 0.2) is 18.2 Å². The van der Waals surface area contributed by atoms with Crippen LogP contribution in [0.1, 0.15) is 48.9 Å². The first kappa shape index (κ1) is 17.4. The highest BCUT2D eigenvalue weighted by Gasteiger charge is 2.38. The number of anilines is 1. The summed E-state index contributed by atoms with van der Waals surface area (Å²) in [5.41, 5.74) is 5.22. The summed E-state index contributed by atoms with van der Waals surface area (Å²) in [6.45, 7) is 0.704. The van der Waals surface area contributed by atoms with Gasteiger partial charge in [-0.05, 0) is 37.5 Å². The fraction of sp³-hybridized carbons (Fsp3) is 0.500. The smallest absolute Gasteiger partial charge is 0.251 e. The Morgan fingerprint density at radius 3 is 2.64 bits per heavy atom. The molecule has 3 amide bonds. The van der Waals surface area contributed by atoms with E-state index in [0.717, 1.165) is 31.7 Å². The van der Waals surface area contributed by atoms with Gasteiger partial charge in [-0.15, -0.1) is 0 Å². The number of amides is 3. The van der Waals surface area contributed by atoms with E-state index in [1.54, 1.807) is 0 Å². The summed E-state index contributed by atoms with van der Waals surface area (Å²) >= 11 is 0. The van der Waals surface area contributed by atoms with E-state index >= 15 is 0 Å². The first-order valence-electron chi connectivity index (χ1n) is 8.67. The van der Waals surface area contributed by atoms with Crippen molar-refractivity contribution in [1.82, 2.24) is 4.90 Å². The Morgan fingerprint density at radius 1 is 1.20 bits per heavy atom. The summed E-state index contributed by atoms with van der Waals surface area (Å²) in [6.07, 6.45) is 4.85. The summed E-state index contributed by atoms with van der Waals surface area (Å²) in [5, 5.41) is 2.75. The van der Waals surface area contributed by atoms with Crippen molar-refractivity contribution in [3.8, 4) is 0 Å². The molecule has 2 fully saturated rings.